The Labute approximate surface area is 138 Å². The van der Waals surface area contributed by atoms with Crippen LogP contribution in [0.4, 0.5) is 0 Å². The minimum Gasteiger partial charge on any atom is -0.493 e. The molecule has 2 unspecified atom stereocenters. The van der Waals surface area contributed by atoms with Crippen molar-refractivity contribution in [3.63, 3.8) is 0 Å². The fourth-order valence-corrected chi connectivity index (χ4v) is 2.93. The van der Waals surface area contributed by atoms with Crippen LogP contribution >= 0.6 is 0 Å². The summed E-state index contributed by atoms with van der Waals surface area (Å²) in [5.41, 5.74) is 1.13. The number of amides is 1. The molecule has 0 aromatic heterocycles. The molecule has 1 fully saturated rings. The van der Waals surface area contributed by atoms with Crippen LogP contribution in [0.1, 0.15) is 38.2 Å². The molecule has 0 spiro atoms. The van der Waals surface area contributed by atoms with E-state index in [1.165, 1.54) is 0 Å². The fourth-order valence-electron chi connectivity index (χ4n) is 2.93. The SMILES string of the molecule is COc1ccc(C(CNC(=O)C2CCCO2)C(C)C)cc1OC. The molecular formula is C18H27NO4. The molecule has 0 aliphatic carbocycles. The monoisotopic (exact) mass is 321 g/mol. The van der Waals surface area contributed by atoms with E-state index in [1.54, 1.807) is 14.2 Å². The van der Waals surface area contributed by atoms with Crippen LogP contribution in [-0.4, -0.2) is 39.4 Å². The number of carbonyl (C=O) groups excluding carboxylic acids is 1. The van der Waals surface area contributed by atoms with Crippen molar-refractivity contribution in [2.24, 2.45) is 5.92 Å². The number of rotatable bonds is 7. The number of hydrogen-bond acceptors (Lipinski definition) is 4. The summed E-state index contributed by atoms with van der Waals surface area (Å²) in [5, 5.41) is 3.03. The van der Waals surface area contributed by atoms with Crippen molar-refractivity contribution in [1.29, 1.82) is 0 Å². The van der Waals surface area contributed by atoms with Crippen molar-refractivity contribution < 1.29 is 19.0 Å². The van der Waals surface area contributed by atoms with E-state index in [2.05, 4.69) is 19.2 Å². The zero-order valence-corrected chi connectivity index (χ0v) is 14.4. The highest BCUT2D eigenvalue weighted by molar-refractivity contribution is 5.81. The minimum absolute atomic E-state index is 0.00590. The molecule has 0 bridgehead atoms. The first-order valence-corrected chi connectivity index (χ1v) is 8.18. The van der Waals surface area contributed by atoms with Gasteiger partial charge >= 0.3 is 0 Å². The number of benzene rings is 1. The highest BCUT2D eigenvalue weighted by Gasteiger charge is 2.25. The molecule has 128 valence electrons. The predicted octanol–water partition coefficient (Wildman–Crippen LogP) is 2.74. The molecule has 1 aromatic rings. The first-order chi connectivity index (χ1) is 11.1. The van der Waals surface area contributed by atoms with Gasteiger partial charge in [0.2, 0.25) is 5.91 Å². The van der Waals surface area contributed by atoms with E-state index >= 15 is 0 Å². The van der Waals surface area contributed by atoms with Crippen molar-refractivity contribution in [3.05, 3.63) is 23.8 Å². The Morgan fingerprint density at radius 2 is 2.04 bits per heavy atom. The summed E-state index contributed by atoms with van der Waals surface area (Å²) < 4.78 is 16.1. The smallest absolute Gasteiger partial charge is 0.249 e. The van der Waals surface area contributed by atoms with Gasteiger partial charge in [-0.3, -0.25) is 4.79 Å². The molecule has 5 nitrogen and oxygen atoms in total. The molecule has 1 heterocycles. The number of carbonyl (C=O) groups is 1. The minimum atomic E-state index is -0.284. The Hall–Kier alpha value is -1.75. The second kappa shape index (κ2) is 8.20. The van der Waals surface area contributed by atoms with Gasteiger partial charge in [-0.25, -0.2) is 0 Å². The van der Waals surface area contributed by atoms with Crippen LogP contribution in [0.2, 0.25) is 0 Å². The molecule has 1 amide bonds. The first-order valence-electron chi connectivity index (χ1n) is 8.18. The van der Waals surface area contributed by atoms with Gasteiger partial charge in [0, 0.05) is 19.1 Å². The molecular weight excluding hydrogens is 294 g/mol. The van der Waals surface area contributed by atoms with E-state index in [-0.39, 0.29) is 17.9 Å². The Morgan fingerprint density at radius 3 is 2.61 bits per heavy atom. The summed E-state index contributed by atoms with van der Waals surface area (Å²) in [6.45, 7) is 5.58. The lowest BCUT2D eigenvalue weighted by atomic mass is 9.88. The van der Waals surface area contributed by atoms with Gasteiger partial charge in [-0.2, -0.15) is 0 Å². The van der Waals surface area contributed by atoms with Crippen LogP contribution in [-0.2, 0) is 9.53 Å². The molecule has 5 heteroatoms. The van der Waals surface area contributed by atoms with Gasteiger partial charge in [0.25, 0.3) is 0 Å². The van der Waals surface area contributed by atoms with E-state index in [1.807, 2.05) is 18.2 Å². The number of hydrogen-bond donors (Lipinski definition) is 1. The molecule has 2 atom stereocenters. The topological polar surface area (TPSA) is 56.8 Å². The normalized spacial score (nSPS) is 18.7. The summed E-state index contributed by atoms with van der Waals surface area (Å²) >= 11 is 0. The number of ether oxygens (including phenoxy) is 3. The third-order valence-corrected chi connectivity index (χ3v) is 4.36. The average molecular weight is 321 g/mol. The molecule has 0 radical (unpaired) electrons. The molecule has 23 heavy (non-hydrogen) atoms. The number of methoxy groups -OCH3 is 2. The molecule has 1 aliphatic heterocycles. The third kappa shape index (κ3) is 4.38. The lowest BCUT2D eigenvalue weighted by Crippen LogP contribution is -2.37. The largest absolute Gasteiger partial charge is 0.493 e. The van der Waals surface area contributed by atoms with Crippen molar-refractivity contribution in [2.45, 2.75) is 38.7 Å². The summed E-state index contributed by atoms with van der Waals surface area (Å²) in [5.74, 6) is 2.01. The Balaban J connectivity index is 2.07. The van der Waals surface area contributed by atoms with E-state index in [9.17, 15) is 4.79 Å². The van der Waals surface area contributed by atoms with Gasteiger partial charge in [0.15, 0.2) is 11.5 Å². The van der Waals surface area contributed by atoms with Crippen LogP contribution in [0.25, 0.3) is 0 Å². The molecule has 0 saturated carbocycles. The zero-order valence-electron chi connectivity index (χ0n) is 14.4. The van der Waals surface area contributed by atoms with Crippen LogP contribution < -0.4 is 14.8 Å². The third-order valence-electron chi connectivity index (χ3n) is 4.36. The lowest BCUT2D eigenvalue weighted by Gasteiger charge is -2.23. The van der Waals surface area contributed by atoms with Crippen molar-refractivity contribution in [3.8, 4) is 11.5 Å². The van der Waals surface area contributed by atoms with E-state index < -0.39 is 0 Å². The quantitative estimate of drug-likeness (QED) is 0.839. The second-order valence-electron chi connectivity index (χ2n) is 6.21. The Morgan fingerprint density at radius 1 is 1.30 bits per heavy atom. The van der Waals surface area contributed by atoms with Crippen LogP contribution in [0.5, 0.6) is 11.5 Å². The number of nitrogens with one attached hydrogen (secondary N) is 1. The van der Waals surface area contributed by atoms with E-state index in [4.69, 9.17) is 14.2 Å². The Bertz CT molecular complexity index is 524. The summed E-state index contributed by atoms with van der Waals surface area (Å²) in [6.07, 6.45) is 1.49. The maximum atomic E-state index is 12.1. The van der Waals surface area contributed by atoms with Crippen molar-refractivity contribution in [2.75, 3.05) is 27.4 Å². The molecule has 1 N–H and O–H groups in total. The van der Waals surface area contributed by atoms with E-state index in [0.29, 0.717) is 30.6 Å². The molecule has 1 saturated heterocycles. The standard InChI is InChI=1S/C18H27NO4/c1-12(2)14(11-19-18(20)16-6-5-9-23-16)13-7-8-15(21-3)17(10-13)22-4/h7-8,10,12,14,16H,5-6,9,11H2,1-4H3,(H,19,20). The zero-order chi connectivity index (χ0) is 16.8. The Kier molecular flexibility index (Phi) is 6.28. The maximum absolute atomic E-state index is 12.1. The molecule has 2 rings (SSSR count). The van der Waals surface area contributed by atoms with Gasteiger partial charge in [-0.15, -0.1) is 0 Å². The fraction of sp³-hybridized carbons (Fsp3) is 0.611. The highest BCUT2D eigenvalue weighted by Crippen LogP contribution is 2.33. The highest BCUT2D eigenvalue weighted by atomic mass is 16.5. The first kappa shape index (κ1) is 17.6. The van der Waals surface area contributed by atoms with Gasteiger partial charge in [0.05, 0.1) is 14.2 Å². The maximum Gasteiger partial charge on any atom is 0.249 e. The predicted molar refractivity (Wildman–Crippen MR) is 89.1 cm³/mol. The average Bonchev–Trinajstić information content (AvgIpc) is 3.08. The van der Waals surface area contributed by atoms with Gasteiger partial charge < -0.3 is 19.5 Å². The van der Waals surface area contributed by atoms with Crippen molar-refractivity contribution >= 4 is 5.91 Å². The van der Waals surface area contributed by atoms with Crippen LogP contribution in [0.15, 0.2) is 18.2 Å². The second-order valence-corrected chi connectivity index (χ2v) is 6.21. The van der Waals surface area contributed by atoms with Gasteiger partial charge in [-0.1, -0.05) is 19.9 Å². The van der Waals surface area contributed by atoms with Crippen LogP contribution in [0.3, 0.4) is 0 Å². The van der Waals surface area contributed by atoms with Gasteiger partial charge in [0.1, 0.15) is 6.10 Å². The van der Waals surface area contributed by atoms with E-state index in [0.717, 1.165) is 18.4 Å². The van der Waals surface area contributed by atoms with Crippen molar-refractivity contribution in [1.82, 2.24) is 5.32 Å². The molecule has 1 aromatic carbocycles. The van der Waals surface area contributed by atoms with Crippen LogP contribution in [0, 0.1) is 5.92 Å². The summed E-state index contributed by atoms with van der Waals surface area (Å²) in [6, 6.07) is 5.93. The summed E-state index contributed by atoms with van der Waals surface area (Å²) in [4.78, 5) is 12.1. The van der Waals surface area contributed by atoms with Gasteiger partial charge in [-0.05, 0) is 36.5 Å². The lowest BCUT2D eigenvalue weighted by molar-refractivity contribution is -0.130. The molecule has 1 aliphatic rings. The summed E-state index contributed by atoms with van der Waals surface area (Å²) in [7, 11) is 3.25.